The molecule has 1 heterocycles. The second kappa shape index (κ2) is 4.22. The van der Waals surface area contributed by atoms with Crippen LogP contribution in [0.2, 0.25) is 0 Å². The highest BCUT2D eigenvalue weighted by molar-refractivity contribution is 5.39. The number of nitrogens with two attached hydrogens (primary N) is 1. The molecular weight excluding hydrogens is 196 g/mol. The van der Waals surface area contributed by atoms with Crippen molar-refractivity contribution in [2.24, 2.45) is 5.73 Å². The van der Waals surface area contributed by atoms with Gasteiger partial charge in [-0.25, -0.2) is 0 Å². The lowest BCUT2D eigenvalue weighted by atomic mass is 10.3. The lowest BCUT2D eigenvalue weighted by Gasteiger charge is -2.03. The van der Waals surface area contributed by atoms with Crippen molar-refractivity contribution in [3.63, 3.8) is 0 Å². The predicted octanol–water partition coefficient (Wildman–Crippen LogP) is 0.923. The van der Waals surface area contributed by atoms with Gasteiger partial charge in [-0.1, -0.05) is 6.58 Å². The molecule has 0 unspecified atom stereocenters. The van der Waals surface area contributed by atoms with Crippen LogP contribution in [0.3, 0.4) is 0 Å². The van der Waals surface area contributed by atoms with E-state index < -0.39 is 4.92 Å². The minimum atomic E-state index is -0.417. The van der Waals surface area contributed by atoms with Gasteiger partial charge in [0.1, 0.15) is 11.4 Å². The Morgan fingerprint density at radius 3 is 2.67 bits per heavy atom. The molecule has 0 fully saturated rings. The van der Waals surface area contributed by atoms with E-state index in [4.69, 9.17) is 5.73 Å². The van der Waals surface area contributed by atoms with E-state index >= 15 is 0 Å². The third-order valence-corrected chi connectivity index (χ3v) is 2.19. The average molecular weight is 210 g/mol. The molecule has 0 bridgehead atoms. The predicted molar refractivity (Wildman–Crippen MR) is 56.5 cm³/mol. The van der Waals surface area contributed by atoms with Crippen LogP contribution in [0.15, 0.2) is 12.2 Å². The summed E-state index contributed by atoms with van der Waals surface area (Å²) >= 11 is 0. The average Bonchev–Trinajstić information content (AvgIpc) is 2.41. The molecule has 0 saturated carbocycles. The van der Waals surface area contributed by atoms with Crippen LogP contribution >= 0.6 is 0 Å². The first kappa shape index (κ1) is 11.4. The van der Waals surface area contributed by atoms with E-state index in [-0.39, 0.29) is 5.69 Å². The maximum Gasteiger partial charge on any atom is 0.312 e. The Morgan fingerprint density at radius 2 is 2.27 bits per heavy atom. The quantitative estimate of drug-likeness (QED) is 0.455. The molecule has 6 nitrogen and oxygen atoms in total. The van der Waals surface area contributed by atoms with Crippen molar-refractivity contribution >= 4 is 5.69 Å². The number of nitrogens with zero attached hydrogens (tertiary/aromatic N) is 3. The smallest absolute Gasteiger partial charge is 0.312 e. The van der Waals surface area contributed by atoms with Gasteiger partial charge in [-0.15, -0.1) is 0 Å². The standard InChI is InChI=1S/C9H14N4O2/c1-6(4-10)5-12-8(3)9(13(14)15)7(2)11-12/h1,4-5,10H2,2-3H3. The van der Waals surface area contributed by atoms with Crippen LogP contribution in [0, 0.1) is 24.0 Å². The Bertz CT molecular complexity index is 408. The zero-order chi connectivity index (χ0) is 11.6. The molecule has 0 aliphatic rings. The second-order valence-corrected chi connectivity index (χ2v) is 3.39. The van der Waals surface area contributed by atoms with Crippen molar-refractivity contribution in [1.82, 2.24) is 9.78 Å². The van der Waals surface area contributed by atoms with Gasteiger partial charge < -0.3 is 5.73 Å². The Morgan fingerprint density at radius 1 is 1.67 bits per heavy atom. The van der Waals surface area contributed by atoms with Crippen molar-refractivity contribution in [3.8, 4) is 0 Å². The van der Waals surface area contributed by atoms with Gasteiger partial charge in [0.25, 0.3) is 0 Å². The molecule has 0 aromatic carbocycles. The van der Waals surface area contributed by atoms with Crippen LogP contribution in [0.1, 0.15) is 11.4 Å². The van der Waals surface area contributed by atoms with Gasteiger partial charge in [-0.3, -0.25) is 14.8 Å². The molecule has 1 aromatic rings. The maximum atomic E-state index is 10.7. The first-order valence-corrected chi connectivity index (χ1v) is 4.52. The molecule has 6 heteroatoms. The zero-order valence-corrected chi connectivity index (χ0v) is 8.86. The van der Waals surface area contributed by atoms with Crippen LogP contribution in [-0.2, 0) is 6.54 Å². The van der Waals surface area contributed by atoms with E-state index in [1.807, 2.05) is 0 Å². The number of hydrogen-bond donors (Lipinski definition) is 1. The van der Waals surface area contributed by atoms with E-state index in [2.05, 4.69) is 11.7 Å². The first-order chi connectivity index (χ1) is 6.97. The van der Waals surface area contributed by atoms with E-state index in [0.717, 1.165) is 5.57 Å². The van der Waals surface area contributed by atoms with Gasteiger partial charge in [-0.05, 0) is 19.4 Å². The van der Waals surface area contributed by atoms with Crippen LogP contribution < -0.4 is 5.73 Å². The number of rotatable bonds is 4. The second-order valence-electron chi connectivity index (χ2n) is 3.39. The molecule has 0 saturated heterocycles. The minimum Gasteiger partial charge on any atom is -0.327 e. The summed E-state index contributed by atoms with van der Waals surface area (Å²) in [6.45, 7) is 7.81. The molecule has 0 aliphatic carbocycles. The van der Waals surface area contributed by atoms with Crippen molar-refractivity contribution in [1.29, 1.82) is 0 Å². The van der Waals surface area contributed by atoms with Gasteiger partial charge in [0.15, 0.2) is 0 Å². The van der Waals surface area contributed by atoms with E-state index in [9.17, 15) is 10.1 Å². The SMILES string of the molecule is C=C(CN)Cn1nc(C)c([N+](=O)[O-])c1C. The van der Waals surface area contributed by atoms with Crippen molar-refractivity contribution in [2.45, 2.75) is 20.4 Å². The third-order valence-electron chi connectivity index (χ3n) is 2.19. The number of nitro groups is 1. The third kappa shape index (κ3) is 2.21. The summed E-state index contributed by atoms with van der Waals surface area (Å²) in [5.74, 6) is 0. The minimum absolute atomic E-state index is 0.0693. The molecule has 2 N–H and O–H groups in total. The normalized spacial score (nSPS) is 10.3. The Labute approximate surface area is 87.5 Å². The highest BCUT2D eigenvalue weighted by atomic mass is 16.6. The van der Waals surface area contributed by atoms with Gasteiger partial charge in [-0.2, -0.15) is 5.10 Å². The summed E-state index contributed by atoms with van der Waals surface area (Å²) in [6.07, 6.45) is 0. The summed E-state index contributed by atoms with van der Waals surface area (Å²) in [6, 6.07) is 0. The Balaban J connectivity index is 3.07. The lowest BCUT2D eigenvalue weighted by Crippen LogP contribution is -2.11. The molecule has 0 amide bonds. The Kier molecular flexibility index (Phi) is 3.21. The molecule has 0 atom stereocenters. The number of hydrogen-bond acceptors (Lipinski definition) is 4. The first-order valence-electron chi connectivity index (χ1n) is 4.52. The maximum absolute atomic E-state index is 10.7. The van der Waals surface area contributed by atoms with Crippen molar-refractivity contribution in [2.75, 3.05) is 6.54 Å². The summed E-state index contributed by atoms with van der Waals surface area (Å²) in [5, 5.41) is 14.8. The largest absolute Gasteiger partial charge is 0.327 e. The summed E-state index contributed by atoms with van der Waals surface area (Å²) in [4.78, 5) is 10.3. The van der Waals surface area contributed by atoms with Gasteiger partial charge in [0, 0.05) is 6.54 Å². The van der Waals surface area contributed by atoms with E-state index in [1.165, 1.54) is 0 Å². The lowest BCUT2D eigenvalue weighted by molar-refractivity contribution is -0.386. The fourth-order valence-electron chi connectivity index (χ4n) is 1.38. The molecule has 1 aromatic heterocycles. The molecule has 0 spiro atoms. The molecule has 15 heavy (non-hydrogen) atoms. The van der Waals surface area contributed by atoms with Crippen molar-refractivity contribution < 1.29 is 4.92 Å². The fraction of sp³-hybridized carbons (Fsp3) is 0.444. The summed E-state index contributed by atoms with van der Waals surface area (Å²) < 4.78 is 1.56. The molecule has 0 aliphatic heterocycles. The van der Waals surface area contributed by atoms with E-state index in [1.54, 1.807) is 18.5 Å². The van der Waals surface area contributed by atoms with Gasteiger partial charge in [0.05, 0.1) is 11.5 Å². The number of aromatic nitrogens is 2. The van der Waals surface area contributed by atoms with Crippen LogP contribution in [0.4, 0.5) is 5.69 Å². The molecule has 0 radical (unpaired) electrons. The fourth-order valence-corrected chi connectivity index (χ4v) is 1.38. The Hall–Kier alpha value is -1.69. The zero-order valence-electron chi connectivity index (χ0n) is 8.86. The van der Waals surface area contributed by atoms with Crippen LogP contribution in [-0.4, -0.2) is 21.2 Å². The van der Waals surface area contributed by atoms with Crippen LogP contribution in [0.5, 0.6) is 0 Å². The highest BCUT2D eigenvalue weighted by Crippen LogP contribution is 2.21. The topological polar surface area (TPSA) is 87.0 Å². The van der Waals surface area contributed by atoms with Crippen molar-refractivity contribution in [3.05, 3.63) is 33.7 Å². The molecule has 1 rings (SSSR count). The highest BCUT2D eigenvalue weighted by Gasteiger charge is 2.21. The summed E-state index contributed by atoms with van der Waals surface area (Å²) in [5.41, 5.74) is 7.21. The van der Waals surface area contributed by atoms with Gasteiger partial charge >= 0.3 is 5.69 Å². The molecule has 82 valence electrons. The molecular formula is C9H14N4O2. The van der Waals surface area contributed by atoms with Gasteiger partial charge in [0.2, 0.25) is 0 Å². The summed E-state index contributed by atoms with van der Waals surface area (Å²) in [7, 11) is 0. The van der Waals surface area contributed by atoms with E-state index in [0.29, 0.717) is 24.5 Å². The number of aryl methyl sites for hydroxylation is 1. The van der Waals surface area contributed by atoms with Crippen LogP contribution in [0.25, 0.3) is 0 Å². The monoisotopic (exact) mass is 210 g/mol.